The fourth-order valence-corrected chi connectivity index (χ4v) is 2.51. The number of aryl methyl sites for hydroxylation is 2. The van der Waals surface area contributed by atoms with Gasteiger partial charge in [0.2, 0.25) is 0 Å². The van der Waals surface area contributed by atoms with Crippen LogP contribution in [0.5, 0.6) is 0 Å². The van der Waals surface area contributed by atoms with E-state index in [0.717, 1.165) is 36.6 Å². The molecule has 2 aromatic rings. The van der Waals surface area contributed by atoms with Crippen molar-refractivity contribution in [3.63, 3.8) is 0 Å². The number of fused-ring (bicyclic) bond motifs is 1. The molecule has 3 rings (SSSR count). The second kappa shape index (κ2) is 6.03. The molecular formula is C14H14N4O5. The first-order chi connectivity index (χ1) is 11.0. The Morgan fingerprint density at radius 1 is 1.43 bits per heavy atom. The average Bonchev–Trinajstić information content (AvgIpc) is 3.15. The van der Waals surface area contributed by atoms with Crippen molar-refractivity contribution in [3.05, 3.63) is 55.7 Å². The Hall–Kier alpha value is -2.97. The third-order valence-electron chi connectivity index (χ3n) is 3.63. The number of carbonyl (C=O) groups excluding carboxylic acids is 1. The van der Waals surface area contributed by atoms with Crippen LogP contribution < -0.4 is 10.9 Å². The van der Waals surface area contributed by atoms with Gasteiger partial charge >= 0.3 is 5.88 Å². The molecule has 0 atom stereocenters. The van der Waals surface area contributed by atoms with Crippen LogP contribution in [-0.2, 0) is 19.4 Å². The zero-order chi connectivity index (χ0) is 16.4. The lowest BCUT2D eigenvalue weighted by Gasteiger charge is -2.07. The van der Waals surface area contributed by atoms with Gasteiger partial charge < -0.3 is 9.73 Å². The molecular weight excluding hydrogens is 304 g/mol. The number of nitro groups is 1. The highest BCUT2D eigenvalue weighted by molar-refractivity contribution is 5.91. The van der Waals surface area contributed by atoms with E-state index in [2.05, 4.69) is 10.4 Å². The summed E-state index contributed by atoms with van der Waals surface area (Å²) in [6, 6.07) is 3.93. The molecule has 23 heavy (non-hydrogen) atoms. The fourth-order valence-electron chi connectivity index (χ4n) is 2.51. The van der Waals surface area contributed by atoms with Crippen LogP contribution in [0.25, 0.3) is 0 Å². The summed E-state index contributed by atoms with van der Waals surface area (Å²) in [6.07, 6.45) is 2.74. The van der Waals surface area contributed by atoms with E-state index in [-0.39, 0.29) is 24.4 Å². The number of carbonyl (C=O) groups is 1. The summed E-state index contributed by atoms with van der Waals surface area (Å²) >= 11 is 0. The molecule has 0 unspecified atom stereocenters. The first kappa shape index (κ1) is 14.9. The predicted octanol–water partition coefficient (Wildman–Crippen LogP) is 0.663. The lowest BCUT2D eigenvalue weighted by molar-refractivity contribution is -0.402. The molecule has 0 fully saturated rings. The molecule has 1 amide bonds. The highest BCUT2D eigenvalue weighted by Crippen LogP contribution is 2.17. The van der Waals surface area contributed by atoms with Crippen LogP contribution in [0.15, 0.2) is 27.4 Å². The SMILES string of the molecule is O=C(NCCn1nc2c(cc1=O)CCC2)c1ccc([N+](=O)[O-])o1. The molecule has 2 heterocycles. The van der Waals surface area contributed by atoms with Crippen LogP contribution in [0.4, 0.5) is 5.88 Å². The van der Waals surface area contributed by atoms with E-state index < -0.39 is 16.7 Å². The molecule has 0 saturated heterocycles. The molecule has 0 aliphatic heterocycles. The van der Waals surface area contributed by atoms with Crippen LogP contribution in [-0.4, -0.2) is 27.2 Å². The van der Waals surface area contributed by atoms with Crippen LogP contribution >= 0.6 is 0 Å². The van der Waals surface area contributed by atoms with Crippen molar-refractivity contribution < 1.29 is 14.1 Å². The molecule has 9 heteroatoms. The Morgan fingerprint density at radius 3 is 3.00 bits per heavy atom. The van der Waals surface area contributed by atoms with Crippen molar-refractivity contribution in [2.45, 2.75) is 25.8 Å². The summed E-state index contributed by atoms with van der Waals surface area (Å²) < 4.78 is 6.11. The van der Waals surface area contributed by atoms with Crippen LogP contribution in [0.2, 0.25) is 0 Å². The molecule has 0 radical (unpaired) electrons. The maximum atomic E-state index is 11.9. The van der Waals surface area contributed by atoms with Crippen molar-refractivity contribution in [3.8, 4) is 0 Å². The molecule has 1 aliphatic carbocycles. The third-order valence-corrected chi connectivity index (χ3v) is 3.63. The Bertz CT molecular complexity index is 823. The monoisotopic (exact) mass is 318 g/mol. The van der Waals surface area contributed by atoms with E-state index in [9.17, 15) is 19.7 Å². The first-order valence-corrected chi connectivity index (χ1v) is 7.17. The van der Waals surface area contributed by atoms with E-state index in [1.54, 1.807) is 6.07 Å². The number of nitrogens with zero attached hydrogens (tertiary/aromatic N) is 3. The van der Waals surface area contributed by atoms with Gasteiger partial charge in [-0.3, -0.25) is 19.7 Å². The third kappa shape index (κ3) is 3.12. The number of hydrogen-bond acceptors (Lipinski definition) is 6. The summed E-state index contributed by atoms with van der Waals surface area (Å²) in [6.45, 7) is 0.389. The molecule has 9 nitrogen and oxygen atoms in total. The van der Waals surface area contributed by atoms with E-state index in [1.807, 2.05) is 0 Å². The molecule has 1 aliphatic rings. The maximum Gasteiger partial charge on any atom is 0.433 e. The minimum atomic E-state index is -0.717. The van der Waals surface area contributed by atoms with Crippen molar-refractivity contribution in [2.24, 2.45) is 0 Å². The Balaban J connectivity index is 1.60. The van der Waals surface area contributed by atoms with Crippen molar-refractivity contribution in [1.82, 2.24) is 15.1 Å². The Morgan fingerprint density at radius 2 is 2.26 bits per heavy atom. The van der Waals surface area contributed by atoms with E-state index in [1.165, 1.54) is 10.7 Å². The van der Waals surface area contributed by atoms with Crippen molar-refractivity contribution in [1.29, 1.82) is 0 Å². The average molecular weight is 318 g/mol. The number of aromatic nitrogens is 2. The summed E-state index contributed by atoms with van der Waals surface area (Å²) in [5.41, 5.74) is 1.73. The van der Waals surface area contributed by atoms with Crippen LogP contribution in [0.1, 0.15) is 28.2 Å². The summed E-state index contributed by atoms with van der Waals surface area (Å²) in [5, 5.41) is 17.3. The maximum absolute atomic E-state index is 11.9. The molecule has 120 valence electrons. The molecule has 0 saturated carbocycles. The zero-order valence-electron chi connectivity index (χ0n) is 12.2. The van der Waals surface area contributed by atoms with Gasteiger partial charge in [-0.1, -0.05) is 0 Å². The van der Waals surface area contributed by atoms with Gasteiger partial charge in [0.1, 0.15) is 4.92 Å². The van der Waals surface area contributed by atoms with E-state index >= 15 is 0 Å². The van der Waals surface area contributed by atoms with Crippen molar-refractivity contribution >= 4 is 11.8 Å². The molecule has 1 N–H and O–H groups in total. The summed E-state index contributed by atoms with van der Waals surface area (Å²) in [5.74, 6) is -1.22. The van der Waals surface area contributed by atoms with Gasteiger partial charge in [0, 0.05) is 12.6 Å². The summed E-state index contributed by atoms with van der Waals surface area (Å²) in [7, 11) is 0. The van der Waals surface area contributed by atoms with Gasteiger partial charge in [-0.25, -0.2) is 4.68 Å². The first-order valence-electron chi connectivity index (χ1n) is 7.17. The second-order valence-electron chi connectivity index (χ2n) is 5.18. The molecule has 0 aromatic carbocycles. The van der Waals surface area contributed by atoms with Gasteiger partial charge in [0.15, 0.2) is 5.76 Å². The number of rotatable bonds is 5. The molecule has 0 spiro atoms. The zero-order valence-corrected chi connectivity index (χ0v) is 12.2. The lowest BCUT2D eigenvalue weighted by atomic mass is 10.2. The van der Waals surface area contributed by atoms with E-state index in [4.69, 9.17) is 4.42 Å². The number of amides is 1. The van der Waals surface area contributed by atoms with Gasteiger partial charge in [0.05, 0.1) is 18.3 Å². The smallest absolute Gasteiger partial charge is 0.395 e. The molecule has 0 bridgehead atoms. The Labute approximate surface area is 130 Å². The largest absolute Gasteiger partial charge is 0.433 e. The fraction of sp³-hybridized carbons (Fsp3) is 0.357. The number of furan rings is 1. The van der Waals surface area contributed by atoms with E-state index in [0.29, 0.717) is 0 Å². The molecule has 2 aromatic heterocycles. The van der Waals surface area contributed by atoms with Gasteiger partial charge in [-0.05, 0) is 30.9 Å². The van der Waals surface area contributed by atoms with Crippen LogP contribution in [0.3, 0.4) is 0 Å². The number of nitrogens with one attached hydrogen (secondary N) is 1. The highest BCUT2D eigenvalue weighted by atomic mass is 16.6. The van der Waals surface area contributed by atoms with Gasteiger partial charge in [0.25, 0.3) is 11.5 Å². The van der Waals surface area contributed by atoms with Crippen molar-refractivity contribution in [2.75, 3.05) is 6.54 Å². The highest BCUT2D eigenvalue weighted by Gasteiger charge is 2.17. The van der Waals surface area contributed by atoms with Gasteiger partial charge in [-0.15, -0.1) is 0 Å². The second-order valence-corrected chi connectivity index (χ2v) is 5.18. The number of hydrogen-bond donors (Lipinski definition) is 1. The quantitative estimate of drug-likeness (QED) is 0.638. The lowest BCUT2D eigenvalue weighted by Crippen LogP contribution is -2.32. The standard InChI is InChI=1S/C14H14N4O5/c19-12-8-9-2-1-3-10(9)16-17(12)7-6-15-14(20)11-4-5-13(23-11)18(21)22/h4-5,8H,1-3,6-7H2,(H,15,20). The normalized spacial score (nSPS) is 12.9. The predicted molar refractivity (Wildman–Crippen MR) is 78.2 cm³/mol. The van der Waals surface area contributed by atoms with Gasteiger partial charge in [-0.2, -0.15) is 5.10 Å². The minimum absolute atomic E-state index is 0.147. The Kier molecular flexibility index (Phi) is 3.92. The topological polar surface area (TPSA) is 120 Å². The summed E-state index contributed by atoms with van der Waals surface area (Å²) in [4.78, 5) is 33.5. The minimum Gasteiger partial charge on any atom is -0.395 e. The van der Waals surface area contributed by atoms with Crippen LogP contribution in [0, 0.1) is 10.1 Å².